The minimum Gasteiger partial charge on any atom is -0.392 e. The van der Waals surface area contributed by atoms with E-state index in [0.29, 0.717) is 18.9 Å². The second-order valence-electron chi connectivity index (χ2n) is 3.95. The van der Waals surface area contributed by atoms with Crippen LogP contribution in [-0.4, -0.2) is 23.7 Å². The molecule has 0 aromatic heterocycles. The highest BCUT2D eigenvalue weighted by Crippen LogP contribution is 2.34. The zero-order valence-electron chi connectivity index (χ0n) is 7.12. The molecule has 0 spiro atoms. The van der Waals surface area contributed by atoms with Crippen LogP contribution >= 0.6 is 0 Å². The van der Waals surface area contributed by atoms with Gasteiger partial charge < -0.3 is 10.4 Å². The summed E-state index contributed by atoms with van der Waals surface area (Å²) in [4.78, 5) is 10.9. The molecule has 0 bridgehead atoms. The first-order valence-corrected chi connectivity index (χ1v) is 4.72. The number of aliphatic hydroxyl groups excluding tert-OH is 1. The molecule has 2 unspecified atom stereocenters. The summed E-state index contributed by atoms with van der Waals surface area (Å²) in [6.45, 7) is 0.677. The molecular weight excluding hydrogens is 154 g/mol. The first-order chi connectivity index (χ1) is 5.77. The van der Waals surface area contributed by atoms with Gasteiger partial charge in [0.1, 0.15) is 0 Å². The summed E-state index contributed by atoms with van der Waals surface area (Å²) in [5.74, 6) is 0.754. The van der Waals surface area contributed by atoms with Crippen LogP contribution in [0.3, 0.4) is 0 Å². The molecule has 1 amide bonds. The maximum absolute atomic E-state index is 10.9. The van der Waals surface area contributed by atoms with Crippen molar-refractivity contribution in [2.24, 2.45) is 11.8 Å². The van der Waals surface area contributed by atoms with Gasteiger partial charge in [0.05, 0.1) is 6.10 Å². The number of carbonyl (C=O) groups excluding carboxylic acids is 1. The Kier molecular flexibility index (Phi) is 2.05. The van der Waals surface area contributed by atoms with Crippen LogP contribution in [0.4, 0.5) is 0 Å². The Morgan fingerprint density at radius 2 is 2.17 bits per heavy atom. The molecule has 3 heteroatoms. The Morgan fingerprint density at radius 1 is 1.42 bits per heavy atom. The van der Waals surface area contributed by atoms with E-state index in [1.807, 2.05) is 0 Å². The number of hydrogen-bond acceptors (Lipinski definition) is 2. The van der Waals surface area contributed by atoms with Crippen molar-refractivity contribution >= 4 is 5.91 Å². The van der Waals surface area contributed by atoms with Gasteiger partial charge in [-0.2, -0.15) is 0 Å². The fourth-order valence-electron chi connectivity index (χ4n) is 2.04. The molecule has 0 radical (unpaired) electrons. The second-order valence-corrected chi connectivity index (χ2v) is 3.95. The van der Waals surface area contributed by atoms with E-state index >= 15 is 0 Å². The normalized spacial score (nSPS) is 32.8. The fraction of sp³-hybridized carbons (Fsp3) is 0.889. The summed E-state index contributed by atoms with van der Waals surface area (Å²) in [6.07, 6.45) is 3.82. The third-order valence-corrected chi connectivity index (χ3v) is 3.12. The van der Waals surface area contributed by atoms with Crippen LogP contribution in [0, 0.1) is 11.8 Å². The molecule has 2 rings (SSSR count). The van der Waals surface area contributed by atoms with E-state index in [1.54, 1.807) is 0 Å². The molecule has 0 aromatic rings. The van der Waals surface area contributed by atoms with Crippen molar-refractivity contribution in [3.8, 4) is 0 Å². The van der Waals surface area contributed by atoms with Gasteiger partial charge in [-0.15, -0.1) is 0 Å². The third-order valence-electron chi connectivity index (χ3n) is 3.12. The Morgan fingerprint density at radius 3 is 2.58 bits per heavy atom. The van der Waals surface area contributed by atoms with Crippen LogP contribution in [0.5, 0.6) is 0 Å². The lowest BCUT2D eigenvalue weighted by molar-refractivity contribution is -0.119. The number of nitrogens with one attached hydrogen (secondary N) is 1. The smallest absolute Gasteiger partial charge is 0.220 e. The summed E-state index contributed by atoms with van der Waals surface area (Å²) in [5, 5.41) is 12.5. The van der Waals surface area contributed by atoms with Gasteiger partial charge in [0.2, 0.25) is 5.91 Å². The van der Waals surface area contributed by atoms with Gasteiger partial charge in [-0.1, -0.05) is 6.42 Å². The molecule has 0 aromatic carbocycles. The van der Waals surface area contributed by atoms with Gasteiger partial charge in [-0.05, 0) is 18.8 Å². The summed E-state index contributed by atoms with van der Waals surface area (Å²) in [7, 11) is 0. The lowest BCUT2D eigenvalue weighted by Gasteiger charge is -2.33. The van der Waals surface area contributed by atoms with E-state index in [9.17, 15) is 9.90 Å². The van der Waals surface area contributed by atoms with Crippen molar-refractivity contribution < 1.29 is 9.90 Å². The van der Waals surface area contributed by atoms with Crippen LogP contribution in [0.2, 0.25) is 0 Å². The molecule has 1 aliphatic carbocycles. The molecular formula is C9H15NO2. The molecule has 3 nitrogen and oxygen atoms in total. The van der Waals surface area contributed by atoms with Gasteiger partial charge in [0.15, 0.2) is 0 Å². The van der Waals surface area contributed by atoms with Crippen LogP contribution in [0.25, 0.3) is 0 Å². The van der Waals surface area contributed by atoms with Crippen LogP contribution in [0.1, 0.15) is 25.7 Å². The first kappa shape index (κ1) is 8.05. The highest BCUT2D eigenvalue weighted by Gasteiger charge is 2.35. The van der Waals surface area contributed by atoms with Gasteiger partial charge in [0, 0.05) is 18.9 Å². The first-order valence-electron chi connectivity index (χ1n) is 4.72. The van der Waals surface area contributed by atoms with Gasteiger partial charge >= 0.3 is 0 Å². The molecule has 2 aliphatic rings. The third kappa shape index (κ3) is 1.33. The molecule has 2 atom stereocenters. The maximum atomic E-state index is 10.9. The zero-order chi connectivity index (χ0) is 8.55. The molecule has 1 aliphatic heterocycles. The maximum Gasteiger partial charge on any atom is 0.220 e. The minimum absolute atomic E-state index is 0.0957. The average molecular weight is 169 g/mol. The molecule has 1 heterocycles. The number of amides is 1. The van der Waals surface area contributed by atoms with Gasteiger partial charge in [-0.25, -0.2) is 0 Å². The standard InChI is InChI=1S/C9H15NO2/c11-8-4-7(5-10-8)9(12)6-2-1-3-6/h6-7,9,12H,1-5H2,(H,10,11). The Labute approximate surface area is 72.2 Å². The average Bonchev–Trinajstić information content (AvgIpc) is 2.31. The number of aliphatic hydroxyl groups is 1. The summed E-state index contributed by atoms with van der Waals surface area (Å²) >= 11 is 0. The predicted molar refractivity (Wildman–Crippen MR) is 44.5 cm³/mol. The monoisotopic (exact) mass is 169 g/mol. The number of carbonyl (C=O) groups is 1. The number of rotatable bonds is 2. The van der Waals surface area contributed by atoms with Crippen molar-refractivity contribution in [3.63, 3.8) is 0 Å². The molecule has 2 fully saturated rings. The quantitative estimate of drug-likeness (QED) is 0.624. The molecule has 1 saturated heterocycles. The fourth-order valence-corrected chi connectivity index (χ4v) is 2.04. The topological polar surface area (TPSA) is 49.3 Å². The van der Waals surface area contributed by atoms with E-state index in [0.717, 1.165) is 12.8 Å². The van der Waals surface area contributed by atoms with E-state index < -0.39 is 0 Å². The number of hydrogen-bond donors (Lipinski definition) is 2. The van der Waals surface area contributed by atoms with Crippen molar-refractivity contribution in [1.29, 1.82) is 0 Å². The van der Waals surface area contributed by atoms with E-state index in [4.69, 9.17) is 0 Å². The van der Waals surface area contributed by atoms with Crippen LogP contribution in [-0.2, 0) is 4.79 Å². The highest BCUT2D eigenvalue weighted by atomic mass is 16.3. The Hall–Kier alpha value is -0.570. The lowest BCUT2D eigenvalue weighted by atomic mass is 9.76. The minimum atomic E-state index is -0.238. The summed E-state index contributed by atoms with van der Waals surface area (Å²) < 4.78 is 0. The molecule has 1 saturated carbocycles. The van der Waals surface area contributed by atoms with E-state index in [-0.39, 0.29) is 17.9 Å². The van der Waals surface area contributed by atoms with Gasteiger partial charge in [0.25, 0.3) is 0 Å². The Bertz CT molecular complexity index is 189. The van der Waals surface area contributed by atoms with Crippen molar-refractivity contribution in [2.75, 3.05) is 6.54 Å². The van der Waals surface area contributed by atoms with E-state index in [2.05, 4.69) is 5.32 Å². The largest absolute Gasteiger partial charge is 0.392 e. The second kappa shape index (κ2) is 3.05. The van der Waals surface area contributed by atoms with Crippen LogP contribution in [0.15, 0.2) is 0 Å². The SMILES string of the molecule is O=C1CC(C(O)C2CCC2)CN1. The Balaban J connectivity index is 1.86. The molecule has 12 heavy (non-hydrogen) atoms. The van der Waals surface area contributed by atoms with Gasteiger partial charge in [-0.3, -0.25) is 4.79 Å². The molecule has 2 N–H and O–H groups in total. The highest BCUT2D eigenvalue weighted by molar-refractivity contribution is 5.78. The molecule has 68 valence electrons. The predicted octanol–water partition coefficient (Wildman–Crippen LogP) is 0.283. The summed E-state index contributed by atoms with van der Waals surface area (Å²) in [5.41, 5.74) is 0. The lowest BCUT2D eigenvalue weighted by Crippen LogP contribution is -2.34. The van der Waals surface area contributed by atoms with E-state index in [1.165, 1.54) is 6.42 Å². The summed E-state index contributed by atoms with van der Waals surface area (Å²) in [6, 6.07) is 0. The van der Waals surface area contributed by atoms with Crippen LogP contribution < -0.4 is 5.32 Å². The van der Waals surface area contributed by atoms with Crippen molar-refractivity contribution in [3.05, 3.63) is 0 Å². The van der Waals surface area contributed by atoms with Crippen molar-refractivity contribution in [2.45, 2.75) is 31.8 Å². The van der Waals surface area contributed by atoms with Crippen molar-refractivity contribution in [1.82, 2.24) is 5.32 Å². The zero-order valence-corrected chi connectivity index (χ0v) is 7.12.